The summed E-state index contributed by atoms with van der Waals surface area (Å²) in [6.07, 6.45) is -5.62. The number of phenolic OH excluding ortho intramolecular Hbond substituents is 1. The number of ether oxygens (including phenoxy) is 1. The predicted octanol–water partition coefficient (Wildman–Crippen LogP) is 2.59. The van der Waals surface area contributed by atoms with E-state index in [4.69, 9.17) is 4.74 Å². The molecule has 2 aromatic rings. The number of rotatable bonds is 5. The van der Waals surface area contributed by atoms with Crippen LogP contribution >= 0.6 is 0 Å². The standard InChI is InChI=1S/C16H14F4N2O5S/c17-14-11-7-10(27-5-1-4-16(18,19)20)3-2-9(11)6-12(23)15(14)22-8-13(24)21-28(22,25)26/h2-3,6-7,23H,1,4-5,8H2,(H,21,24). The molecule has 0 bridgehead atoms. The Balaban J connectivity index is 1.92. The van der Waals surface area contributed by atoms with Crippen LogP contribution < -0.4 is 13.8 Å². The summed E-state index contributed by atoms with van der Waals surface area (Å²) in [6, 6.07) is 5.04. The van der Waals surface area contributed by atoms with Gasteiger partial charge in [-0.3, -0.25) is 4.79 Å². The molecular weight excluding hydrogens is 408 g/mol. The molecular formula is C16H14F4N2O5S. The summed E-state index contributed by atoms with van der Waals surface area (Å²) in [5, 5.41) is 10.1. The number of phenols is 1. The molecule has 0 aliphatic carbocycles. The van der Waals surface area contributed by atoms with Gasteiger partial charge in [-0.2, -0.15) is 21.6 Å². The van der Waals surface area contributed by atoms with E-state index >= 15 is 0 Å². The minimum atomic E-state index is -4.35. The first-order valence-electron chi connectivity index (χ1n) is 7.96. The molecule has 7 nitrogen and oxygen atoms in total. The van der Waals surface area contributed by atoms with Gasteiger partial charge in [0.15, 0.2) is 5.82 Å². The van der Waals surface area contributed by atoms with Crippen LogP contribution in [0.15, 0.2) is 24.3 Å². The van der Waals surface area contributed by atoms with Crippen molar-refractivity contribution in [3.63, 3.8) is 0 Å². The van der Waals surface area contributed by atoms with Gasteiger partial charge in [0.05, 0.1) is 6.61 Å². The van der Waals surface area contributed by atoms with Gasteiger partial charge in [0.2, 0.25) is 0 Å². The van der Waals surface area contributed by atoms with Gasteiger partial charge in [-0.05, 0) is 30.0 Å². The quantitative estimate of drug-likeness (QED) is 0.571. The molecule has 1 amide bonds. The fourth-order valence-corrected chi connectivity index (χ4v) is 3.91. The first-order valence-corrected chi connectivity index (χ1v) is 9.40. The zero-order valence-electron chi connectivity index (χ0n) is 14.1. The summed E-state index contributed by atoms with van der Waals surface area (Å²) in [4.78, 5) is 11.4. The smallest absolute Gasteiger partial charge is 0.389 e. The number of anilines is 1. The van der Waals surface area contributed by atoms with Gasteiger partial charge in [-0.15, -0.1) is 0 Å². The molecule has 152 valence electrons. The van der Waals surface area contributed by atoms with Gasteiger partial charge in [0.25, 0.3) is 5.91 Å². The summed E-state index contributed by atoms with van der Waals surface area (Å²) in [7, 11) is -4.35. The number of hydrogen-bond acceptors (Lipinski definition) is 5. The largest absolute Gasteiger partial charge is 0.506 e. The van der Waals surface area contributed by atoms with E-state index in [2.05, 4.69) is 0 Å². The average Bonchev–Trinajstić information content (AvgIpc) is 2.83. The Bertz CT molecular complexity index is 1040. The Kier molecular flexibility index (Phi) is 5.00. The number of hydrogen-bond donors (Lipinski definition) is 2. The molecule has 1 aliphatic heterocycles. The molecule has 0 aromatic heterocycles. The van der Waals surface area contributed by atoms with Gasteiger partial charge in [0, 0.05) is 11.8 Å². The maximum atomic E-state index is 15.0. The van der Waals surface area contributed by atoms with E-state index in [-0.39, 0.29) is 29.5 Å². The van der Waals surface area contributed by atoms with Crippen LogP contribution in [-0.4, -0.2) is 38.8 Å². The third kappa shape index (κ3) is 4.06. The number of benzene rings is 2. The van der Waals surface area contributed by atoms with E-state index in [0.29, 0.717) is 4.31 Å². The Morgan fingerprint density at radius 1 is 1.25 bits per heavy atom. The predicted molar refractivity (Wildman–Crippen MR) is 90.8 cm³/mol. The lowest BCUT2D eigenvalue weighted by atomic mass is 10.1. The molecule has 0 spiro atoms. The monoisotopic (exact) mass is 422 g/mol. The van der Waals surface area contributed by atoms with E-state index in [1.807, 2.05) is 0 Å². The van der Waals surface area contributed by atoms with Crippen LogP contribution in [0, 0.1) is 5.82 Å². The Labute approximate surface area is 156 Å². The zero-order chi connectivity index (χ0) is 20.7. The second-order valence-corrected chi connectivity index (χ2v) is 7.64. The second-order valence-electron chi connectivity index (χ2n) is 6.05. The number of amides is 1. The van der Waals surface area contributed by atoms with Crippen LogP contribution in [0.4, 0.5) is 23.2 Å². The number of carbonyl (C=O) groups is 1. The molecule has 0 saturated carbocycles. The van der Waals surface area contributed by atoms with E-state index in [0.717, 1.165) is 6.07 Å². The van der Waals surface area contributed by atoms with Gasteiger partial charge in [0.1, 0.15) is 23.7 Å². The second kappa shape index (κ2) is 7.00. The normalized spacial score (nSPS) is 16.4. The molecule has 1 aliphatic rings. The zero-order valence-corrected chi connectivity index (χ0v) is 14.9. The highest BCUT2D eigenvalue weighted by molar-refractivity contribution is 7.92. The van der Waals surface area contributed by atoms with Crippen molar-refractivity contribution in [2.45, 2.75) is 19.0 Å². The summed E-state index contributed by atoms with van der Waals surface area (Å²) >= 11 is 0. The van der Waals surface area contributed by atoms with Crippen LogP contribution in [0.2, 0.25) is 0 Å². The van der Waals surface area contributed by atoms with E-state index in [1.54, 1.807) is 4.72 Å². The lowest BCUT2D eigenvalue weighted by Gasteiger charge is -2.18. The van der Waals surface area contributed by atoms with Gasteiger partial charge in [-0.1, -0.05) is 6.07 Å². The van der Waals surface area contributed by atoms with Crippen LogP contribution in [0.5, 0.6) is 11.5 Å². The fourth-order valence-electron chi connectivity index (χ4n) is 2.74. The molecule has 0 atom stereocenters. The molecule has 1 fully saturated rings. The minimum absolute atomic E-state index is 0.0729. The summed E-state index contributed by atoms with van der Waals surface area (Å²) < 4.78 is 82.5. The van der Waals surface area contributed by atoms with E-state index in [1.165, 1.54) is 18.2 Å². The maximum Gasteiger partial charge on any atom is 0.389 e. The van der Waals surface area contributed by atoms with Crippen LogP contribution in [0.3, 0.4) is 0 Å². The van der Waals surface area contributed by atoms with Crippen molar-refractivity contribution >= 4 is 32.6 Å². The molecule has 28 heavy (non-hydrogen) atoms. The van der Waals surface area contributed by atoms with E-state index in [9.17, 15) is 35.9 Å². The molecule has 3 rings (SSSR count). The maximum absolute atomic E-state index is 15.0. The summed E-state index contributed by atoms with van der Waals surface area (Å²) in [5.41, 5.74) is -0.708. The Morgan fingerprint density at radius 3 is 2.57 bits per heavy atom. The van der Waals surface area contributed by atoms with Gasteiger partial charge in [-0.25, -0.2) is 13.4 Å². The first-order chi connectivity index (χ1) is 13.0. The van der Waals surface area contributed by atoms with Crippen molar-refractivity contribution in [2.75, 3.05) is 17.5 Å². The van der Waals surface area contributed by atoms with Crippen molar-refractivity contribution in [1.82, 2.24) is 4.72 Å². The Hall–Kier alpha value is -2.76. The first kappa shape index (κ1) is 20.0. The summed E-state index contributed by atoms with van der Waals surface area (Å²) in [6.45, 7) is -0.956. The lowest BCUT2D eigenvalue weighted by Crippen LogP contribution is -2.30. The molecule has 1 saturated heterocycles. The van der Waals surface area contributed by atoms with E-state index < -0.39 is 52.5 Å². The number of aromatic hydroxyl groups is 1. The average molecular weight is 422 g/mol. The third-order valence-electron chi connectivity index (χ3n) is 3.95. The number of fused-ring (bicyclic) bond motifs is 1. The van der Waals surface area contributed by atoms with Crippen LogP contribution in [0.25, 0.3) is 10.8 Å². The van der Waals surface area contributed by atoms with Crippen LogP contribution in [0.1, 0.15) is 12.8 Å². The number of alkyl halides is 3. The van der Waals surface area contributed by atoms with Gasteiger partial charge < -0.3 is 9.84 Å². The minimum Gasteiger partial charge on any atom is -0.506 e. The topological polar surface area (TPSA) is 95.9 Å². The number of nitrogens with one attached hydrogen (secondary N) is 1. The van der Waals surface area contributed by atoms with Crippen molar-refractivity contribution in [3.05, 3.63) is 30.1 Å². The highest BCUT2D eigenvalue weighted by Crippen LogP contribution is 2.39. The van der Waals surface area contributed by atoms with Crippen molar-refractivity contribution in [1.29, 1.82) is 0 Å². The van der Waals surface area contributed by atoms with Crippen molar-refractivity contribution in [3.8, 4) is 11.5 Å². The number of carbonyl (C=O) groups excluding carboxylic acids is 1. The number of halogens is 4. The molecule has 1 heterocycles. The molecule has 2 N–H and O–H groups in total. The SMILES string of the molecule is O=C1CN(c2c(O)cc3ccc(OCCCC(F)(F)F)cc3c2F)S(=O)(=O)N1. The van der Waals surface area contributed by atoms with Crippen molar-refractivity contribution < 1.29 is 40.6 Å². The fraction of sp³-hybridized carbons (Fsp3) is 0.312. The number of nitrogens with zero attached hydrogens (tertiary/aromatic N) is 1. The van der Waals surface area contributed by atoms with Crippen LogP contribution in [-0.2, 0) is 15.0 Å². The highest BCUT2D eigenvalue weighted by atomic mass is 32.2. The lowest BCUT2D eigenvalue weighted by molar-refractivity contribution is -0.136. The highest BCUT2D eigenvalue weighted by Gasteiger charge is 2.37. The molecule has 0 radical (unpaired) electrons. The van der Waals surface area contributed by atoms with Crippen molar-refractivity contribution in [2.24, 2.45) is 0 Å². The van der Waals surface area contributed by atoms with Gasteiger partial charge >= 0.3 is 16.4 Å². The Morgan fingerprint density at radius 2 is 1.96 bits per heavy atom. The third-order valence-corrected chi connectivity index (χ3v) is 5.32. The summed E-state index contributed by atoms with van der Waals surface area (Å²) in [5.74, 6) is -2.62. The molecule has 0 unspecified atom stereocenters. The molecule has 12 heteroatoms. The molecule has 2 aromatic carbocycles.